The smallest absolute Gasteiger partial charge is 0.303 e. The van der Waals surface area contributed by atoms with E-state index in [0.717, 1.165) is 0 Å². The minimum absolute atomic E-state index is 0.704. The van der Waals surface area contributed by atoms with Crippen LogP contribution in [-0.2, 0) is 9.68 Å². The lowest BCUT2D eigenvalue weighted by molar-refractivity contribution is -0.0290. The first kappa shape index (κ1) is 4.69. The third-order valence-corrected chi connectivity index (χ3v) is 0.454. The molecule has 1 fully saturated rings. The number of hydroxylamine groups is 2. The molecule has 1 heterocycles. The monoisotopic (exact) mass is 118 g/mol. The molecule has 8 heavy (non-hydrogen) atoms. The molecule has 0 unspecified atom stereocenters. The summed E-state index contributed by atoms with van der Waals surface area (Å²) in [6.45, 7) is 0. The van der Waals surface area contributed by atoms with Crippen molar-refractivity contribution in [2.24, 2.45) is 0 Å². The van der Waals surface area contributed by atoms with Crippen molar-refractivity contribution in [2.75, 3.05) is 0 Å². The van der Waals surface area contributed by atoms with E-state index in [9.17, 15) is 9.59 Å². The van der Waals surface area contributed by atoms with E-state index in [-0.39, 0.29) is 0 Å². The van der Waals surface area contributed by atoms with Crippen LogP contribution < -0.4 is 11.0 Å². The zero-order chi connectivity index (χ0) is 5.98. The number of hydrogen-bond donors (Lipinski definition) is 2. The molecule has 1 aliphatic rings. The van der Waals surface area contributed by atoms with Gasteiger partial charge in [0.25, 0.3) is 0 Å². The number of rotatable bonds is 0. The molecule has 0 aromatic carbocycles. The van der Waals surface area contributed by atoms with Gasteiger partial charge in [-0.1, -0.05) is 0 Å². The number of carbonyl (C=O) groups excluding carboxylic acids is 2. The van der Waals surface area contributed by atoms with Gasteiger partial charge in [-0.2, -0.15) is 15.8 Å². The highest BCUT2D eigenvalue weighted by Crippen LogP contribution is 1.82. The molecule has 1 saturated heterocycles. The summed E-state index contributed by atoms with van der Waals surface area (Å²) in [4.78, 5) is 27.6. The lowest BCUT2D eigenvalue weighted by atomic mass is 11.1. The molecular weight excluding hydrogens is 116 g/mol. The van der Waals surface area contributed by atoms with Crippen LogP contribution in [0.4, 0.5) is 9.59 Å². The average Bonchev–Trinajstić information content (AvgIpc) is 1.77. The predicted molar refractivity (Wildman–Crippen MR) is 19.2 cm³/mol. The highest BCUT2D eigenvalue weighted by molar-refractivity contribution is 5.77. The second-order valence-corrected chi connectivity index (χ2v) is 0.987. The fourth-order valence-electron chi connectivity index (χ4n) is 0.218. The van der Waals surface area contributed by atoms with Crippen molar-refractivity contribution in [1.29, 1.82) is 0 Å². The number of nitrogens with one attached hydrogen (secondary N) is 2. The standard InChI is InChI=1S/C2H2N2O4/c5-1-3-7-2(6)8-4-1/h(H2,3,4,5). The van der Waals surface area contributed by atoms with E-state index < -0.39 is 12.2 Å². The lowest BCUT2D eigenvalue weighted by Crippen LogP contribution is -2.44. The van der Waals surface area contributed by atoms with Crippen molar-refractivity contribution in [3.8, 4) is 0 Å². The van der Waals surface area contributed by atoms with Crippen molar-refractivity contribution in [2.45, 2.75) is 0 Å². The van der Waals surface area contributed by atoms with Gasteiger partial charge >= 0.3 is 12.2 Å². The van der Waals surface area contributed by atoms with Crippen molar-refractivity contribution in [3.05, 3.63) is 0 Å². The van der Waals surface area contributed by atoms with Gasteiger partial charge in [-0.25, -0.2) is 4.79 Å². The Bertz CT molecular complexity index is 104. The van der Waals surface area contributed by atoms with Crippen LogP contribution in [0.25, 0.3) is 0 Å². The summed E-state index contributed by atoms with van der Waals surface area (Å²) >= 11 is 0. The highest BCUT2D eigenvalue weighted by Gasteiger charge is 2.15. The van der Waals surface area contributed by atoms with Crippen molar-refractivity contribution >= 4 is 12.2 Å². The van der Waals surface area contributed by atoms with Crippen LogP contribution in [0.2, 0.25) is 0 Å². The Hall–Kier alpha value is -1.46. The Labute approximate surface area is 43.7 Å². The van der Waals surface area contributed by atoms with E-state index in [4.69, 9.17) is 0 Å². The summed E-state index contributed by atoms with van der Waals surface area (Å²) in [6, 6.07) is -0.704. The van der Waals surface area contributed by atoms with Crippen LogP contribution in [0, 0.1) is 0 Å². The van der Waals surface area contributed by atoms with Crippen LogP contribution in [0.1, 0.15) is 0 Å². The Kier molecular flexibility index (Phi) is 0.918. The van der Waals surface area contributed by atoms with Gasteiger partial charge in [0.15, 0.2) is 0 Å². The Morgan fingerprint density at radius 1 is 1.12 bits per heavy atom. The minimum Gasteiger partial charge on any atom is -0.303 e. The Morgan fingerprint density at radius 3 is 2.00 bits per heavy atom. The molecule has 0 bridgehead atoms. The second kappa shape index (κ2) is 1.57. The van der Waals surface area contributed by atoms with E-state index in [0.29, 0.717) is 0 Å². The quantitative estimate of drug-likeness (QED) is 0.440. The van der Waals surface area contributed by atoms with Gasteiger partial charge < -0.3 is 9.68 Å². The summed E-state index contributed by atoms with van der Waals surface area (Å²) in [5, 5.41) is 0. The molecule has 0 spiro atoms. The predicted octanol–water partition coefficient (Wildman–Crippen LogP) is -0.718. The van der Waals surface area contributed by atoms with E-state index in [1.807, 2.05) is 0 Å². The topological polar surface area (TPSA) is 76.7 Å². The summed E-state index contributed by atoms with van der Waals surface area (Å²) in [7, 11) is 0. The molecule has 44 valence electrons. The number of urea groups is 1. The third kappa shape index (κ3) is 0.780. The SMILES string of the molecule is O=C1NOC(=O)ON1. The molecule has 0 aromatic heterocycles. The first-order valence-electron chi connectivity index (χ1n) is 1.72. The third-order valence-electron chi connectivity index (χ3n) is 0.454. The molecule has 6 nitrogen and oxygen atoms in total. The van der Waals surface area contributed by atoms with Crippen LogP contribution in [0.3, 0.4) is 0 Å². The van der Waals surface area contributed by atoms with E-state index in [1.54, 1.807) is 11.0 Å². The zero-order valence-electron chi connectivity index (χ0n) is 3.63. The van der Waals surface area contributed by atoms with Gasteiger partial charge in [0, 0.05) is 0 Å². The summed E-state index contributed by atoms with van der Waals surface area (Å²) in [5.74, 6) is 0. The normalized spacial score (nSPS) is 17.5. The maximum atomic E-state index is 9.98. The van der Waals surface area contributed by atoms with E-state index in [2.05, 4.69) is 9.68 Å². The maximum absolute atomic E-state index is 9.98. The highest BCUT2D eigenvalue weighted by atomic mass is 16.9. The molecule has 0 saturated carbocycles. The van der Waals surface area contributed by atoms with Gasteiger partial charge in [-0.15, -0.1) is 0 Å². The molecule has 6 heteroatoms. The van der Waals surface area contributed by atoms with E-state index in [1.165, 1.54) is 0 Å². The van der Waals surface area contributed by atoms with Crippen LogP contribution >= 0.6 is 0 Å². The molecule has 2 amide bonds. The average molecular weight is 118 g/mol. The van der Waals surface area contributed by atoms with Crippen LogP contribution in [-0.4, -0.2) is 12.2 Å². The van der Waals surface area contributed by atoms with Crippen LogP contribution in [0.15, 0.2) is 0 Å². The van der Waals surface area contributed by atoms with Gasteiger partial charge in [0.05, 0.1) is 0 Å². The van der Waals surface area contributed by atoms with Gasteiger partial charge in [-0.05, 0) is 0 Å². The van der Waals surface area contributed by atoms with Gasteiger partial charge in [0.1, 0.15) is 0 Å². The van der Waals surface area contributed by atoms with E-state index >= 15 is 0 Å². The molecule has 0 aliphatic carbocycles. The summed E-state index contributed by atoms with van der Waals surface area (Å²) in [6.07, 6.45) is -0.982. The van der Waals surface area contributed by atoms with Crippen molar-refractivity contribution < 1.29 is 19.3 Å². The molecule has 0 aromatic rings. The summed E-state index contributed by atoms with van der Waals surface area (Å²) < 4.78 is 0. The first-order chi connectivity index (χ1) is 3.79. The molecule has 0 radical (unpaired) electrons. The molecular formula is C2H2N2O4. The lowest BCUT2D eigenvalue weighted by Gasteiger charge is -2.10. The first-order valence-corrected chi connectivity index (χ1v) is 1.72. The van der Waals surface area contributed by atoms with Gasteiger partial charge in [0.2, 0.25) is 0 Å². The molecule has 2 N–H and O–H groups in total. The largest absolute Gasteiger partial charge is 0.558 e. The molecule has 1 aliphatic heterocycles. The Balaban J connectivity index is 2.40. The van der Waals surface area contributed by atoms with Gasteiger partial charge in [-0.3, -0.25) is 0 Å². The minimum atomic E-state index is -0.982. The maximum Gasteiger partial charge on any atom is 0.558 e. The summed E-state index contributed by atoms with van der Waals surface area (Å²) in [5.41, 5.74) is 3.41. The fraction of sp³-hybridized carbons (Fsp3) is 0. The molecule has 0 atom stereocenters. The number of carbonyl (C=O) groups is 2. The zero-order valence-corrected chi connectivity index (χ0v) is 3.63. The fourth-order valence-corrected chi connectivity index (χ4v) is 0.218. The van der Waals surface area contributed by atoms with Crippen molar-refractivity contribution in [1.82, 2.24) is 11.0 Å². The second-order valence-electron chi connectivity index (χ2n) is 0.987. The van der Waals surface area contributed by atoms with Crippen molar-refractivity contribution in [3.63, 3.8) is 0 Å². The molecule has 1 rings (SSSR count). The number of amides is 2. The Morgan fingerprint density at radius 2 is 1.62 bits per heavy atom. The number of hydrogen-bond acceptors (Lipinski definition) is 4. The van der Waals surface area contributed by atoms with Crippen LogP contribution in [0.5, 0.6) is 0 Å².